The molecule has 2 aliphatic heterocycles. The van der Waals surface area contributed by atoms with Gasteiger partial charge in [0.25, 0.3) is 0 Å². The number of hydrogen-bond acceptors (Lipinski definition) is 3. The monoisotopic (exact) mass is 336 g/mol. The molecule has 2 saturated heterocycles. The lowest BCUT2D eigenvalue weighted by Crippen LogP contribution is -2.50. The molecular weight excluding hydrogens is 300 g/mol. The molecular formula is C20H36N2O2. The van der Waals surface area contributed by atoms with Crippen LogP contribution in [0.2, 0.25) is 0 Å². The Bertz CT molecular complexity index is 425. The lowest BCUT2D eigenvalue weighted by Gasteiger charge is -2.49. The second-order valence-electron chi connectivity index (χ2n) is 9.19. The van der Waals surface area contributed by atoms with E-state index in [1.165, 1.54) is 25.9 Å². The van der Waals surface area contributed by atoms with Crippen LogP contribution in [-0.2, 0) is 4.79 Å². The Hall–Kier alpha value is -0.610. The minimum atomic E-state index is -0.458. The van der Waals surface area contributed by atoms with Crippen LogP contribution < -0.4 is 0 Å². The third-order valence-electron chi connectivity index (χ3n) is 6.72. The molecule has 24 heavy (non-hydrogen) atoms. The number of β-amino-alcohol motifs (C(OH)–C–C–N with tert-alkyl or cyclic N) is 1. The normalized spacial score (nSPS) is 27.1. The number of carbonyl (C=O) groups excluding carboxylic acids is 1. The van der Waals surface area contributed by atoms with Crippen molar-refractivity contribution in [3.8, 4) is 0 Å². The van der Waals surface area contributed by atoms with Crippen LogP contribution in [0, 0.1) is 11.3 Å². The summed E-state index contributed by atoms with van der Waals surface area (Å²) < 4.78 is 0. The maximum atomic E-state index is 12.3. The van der Waals surface area contributed by atoms with Gasteiger partial charge in [0.2, 0.25) is 5.91 Å². The van der Waals surface area contributed by atoms with Crippen LogP contribution in [0.4, 0.5) is 0 Å². The molecule has 0 aromatic rings. The molecule has 1 aliphatic carbocycles. The Morgan fingerprint density at radius 2 is 1.54 bits per heavy atom. The van der Waals surface area contributed by atoms with Gasteiger partial charge < -0.3 is 14.9 Å². The first kappa shape index (κ1) is 18.2. The molecule has 4 nitrogen and oxygen atoms in total. The highest BCUT2D eigenvalue weighted by Crippen LogP contribution is 2.48. The SMILES string of the molecule is CC(C)CC(=O)N1CCC2(CC1)CCC(O)(CN1CCCC1)CC2. The maximum Gasteiger partial charge on any atom is 0.222 e. The summed E-state index contributed by atoms with van der Waals surface area (Å²) in [5.74, 6) is 0.782. The number of piperidine rings is 1. The molecule has 0 unspecified atom stereocenters. The number of nitrogens with zero attached hydrogens (tertiary/aromatic N) is 2. The fourth-order valence-electron chi connectivity index (χ4n) is 4.97. The number of hydrogen-bond donors (Lipinski definition) is 1. The van der Waals surface area contributed by atoms with Crippen LogP contribution in [0.3, 0.4) is 0 Å². The lowest BCUT2D eigenvalue weighted by molar-refractivity contribution is -0.136. The minimum Gasteiger partial charge on any atom is -0.389 e. The van der Waals surface area contributed by atoms with Crippen molar-refractivity contribution in [1.29, 1.82) is 0 Å². The van der Waals surface area contributed by atoms with Gasteiger partial charge in [-0.2, -0.15) is 0 Å². The van der Waals surface area contributed by atoms with Crippen molar-refractivity contribution < 1.29 is 9.90 Å². The van der Waals surface area contributed by atoms with Gasteiger partial charge in [-0.1, -0.05) is 13.8 Å². The van der Waals surface area contributed by atoms with E-state index in [9.17, 15) is 9.90 Å². The van der Waals surface area contributed by atoms with Crippen LogP contribution in [0.1, 0.15) is 71.6 Å². The Kier molecular flexibility index (Phi) is 5.55. The third-order valence-corrected chi connectivity index (χ3v) is 6.72. The molecule has 4 heteroatoms. The van der Waals surface area contributed by atoms with Gasteiger partial charge in [-0.15, -0.1) is 0 Å². The van der Waals surface area contributed by atoms with Crippen molar-refractivity contribution in [1.82, 2.24) is 9.80 Å². The van der Waals surface area contributed by atoms with E-state index in [0.717, 1.165) is 58.2 Å². The molecule has 3 aliphatic rings. The van der Waals surface area contributed by atoms with Crippen molar-refractivity contribution in [2.45, 2.75) is 77.2 Å². The topological polar surface area (TPSA) is 43.8 Å². The molecule has 0 atom stereocenters. The highest BCUT2D eigenvalue weighted by atomic mass is 16.3. The Morgan fingerprint density at radius 3 is 2.08 bits per heavy atom. The summed E-state index contributed by atoms with van der Waals surface area (Å²) >= 11 is 0. The zero-order valence-corrected chi connectivity index (χ0v) is 15.7. The van der Waals surface area contributed by atoms with E-state index in [1.807, 2.05) is 0 Å². The third kappa shape index (κ3) is 4.32. The summed E-state index contributed by atoms with van der Waals surface area (Å²) in [6.45, 7) is 9.30. The first-order chi connectivity index (χ1) is 11.4. The first-order valence-electron chi connectivity index (χ1n) is 10.1. The standard InChI is InChI=1S/C20H36N2O2/c1-17(2)15-18(23)22-13-9-19(10-14-22)5-7-20(24,8-6-19)16-21-11-3-4-12-21/h17,24H,3-16H2,1-2H3. The lowest BCUT2D eigenvalue weighted by atomic mass is 9.64. The van der Waals surface area contributed by atoms with E-state index < -0.39 is 5.60 Å². The van der Waals surface area contributed by atoms with Gasteiger partial charge in [-0.25, -0.2) is 0 Å². The van der Waals surface area contributed by atoms with Gasteiger partial charge in [0.15, 0.2) is 0 Å². The van der Waals surface area contributed by atoms with Crippen molar-refractivity contribution in [3.05, 3.63) is 0 Å². The average molecular weight is 337 g/mol. The summed E-state index contributed by atoms with van der Waals surface area (Å²) in [7, 11) is 0. The van der Waals surface area contributed by atoms with Crippen molar-refractivity contribution in [2.75, 3.05) is 32.7 Å². The molecule has 1 N–H and O–H groups in total. The van der Waals surface area contributed by atoms with Gasteiger partial charge in [0.05, 0.1) is 5.60 Å². The molecule has 1 saturated carbocycles. The van der Waals surface area contributed by atoms with E-state index in [2.05, 4.69) is 23.6 Å². The van der Waals surface area contributed by atoms with Gasteiger partial charge >= 0.3 is 0 Å². The number of rotatable bonds is 4. The average Bonchev–Trinajstić information content (AvgIpc) is 3.03. The Balaban J connectivity index is 1.47. The van der Waals surface area contributed by atoms with E-state index in [0.29, 0.717) is 23.7 Å². The smallest absolute Gasteiger partial charge is 0.222 e. The van der Waals surface area contributed by atoms with Gasteiger partial charge in [0, 0.05) is 26.1 Å². The minimum absolute atomic E-state index is 0.334. The Labute approximate surface area is 147 Å². The summed E-state index contributed by atoms with van der Waals surface area (Å²) in [5, 5.41) is 11.0. The fraction of sp³-hybridized carbons (Fsp3) is 0.950. The van der Waals surface area contributed by atoms with E-state index in [-0.39, 0.29) is 0 Å². The molecule has 0 aromatic heterocycles. The molecule has 1 spiro atoms. The van der Waals surface area contributed by atoms with E-state index in [1.54, 1.807) is 0 Å². The van der Waals surface area contributed by atoms with Crippen LogP contribution >= 0.6 is 0 Å². The molecule has 2 heterocycles. The van der Waals surface area contributed by atoms with E-state index in [4.69, 9.17) is 0 Å². The predicted octanol–water partition coefficient (Wildman–Crippen LogP) is 3.04. The molecule has 0 radical (unpaired) electrons. The number of likely N-dealkylation sites (tertiary alicyclic amines) is 2. The molecule has 0 bridgehead atoms. The quantitative estimate of drug-likeness (QED) is 0.858. The van der Waals surface area contributed by atoms with Crippen molar-refractivity contribution >= 4 is 5.91 Å². The van der Waals surface area contributed by atoms with Gasteiger partial charge in [-0.3, -0.25) is 4.79 Å². The first-order valence-corrected chi connectivity index (χ1v) is 10.1. The summed E-state index contributed by atoms with van der Waals surface area (Å²) in [5.41, 5.74) is -0.0635. The Morgan fingerprint density at radius 1 is 0.958 bits per heavy atom. The summed E-state index contributed by atoms with van der Waals surface area (Å²) in [4.78, 5) is 16.8. The van der Waals surface area contributed by atoms with Crippen LogP contribution in [0.25, 0.3) is 0 Å². The van der Waals surface area contributed by atoms with Crippen molar-refractivity contribution in [2.24, 2.45) is 11.3 Å². The maximum absolute atomic E-state index is 12.3. The highest BCUT2D eigenvalue weighted by molar-refractivity contribution is 5.76. The van der Waals surface area contributed by atoms with E-state index >= 15 is 0 Å². The second-order valence-corrected chi connectivity index (χ2v) is 9.19. The zero-order chi connectivity index (χ0) is 17.2. The largest absolute Gasteiger partial charge is 0.389 e. The molecule has 3 rings (SSSR count). The molecule has 3 fully saturated rings. The number of aliphatic hydroxyl groups is 1. The molecule has 138 valence electrons. The summed E-state index contributed by atoms with van der Waals surface area (Å²) in [6.07, 6.45) is 9.72. The van der Waals surface area contributed by atoms with Crippen LogP contribution in [0.15, 0.2) is 0 Å². The molecule has 1 amide bonds. The highest BCUT2D eigenvalue weighted by Gasteiger charge is 2.44. The van der Waals surface area contributed by atoms with Gasteiger partial charge in [0.1, 0.15) is 0 Å². The fourth-order valence-corrected chi connectivity index (χ4v) is 4.97. The zero-order valence-electron chi connectivity index (χ0n) is 15.7. The second kappa shape index (κ2) is 7.33. The number of carbonyl (C=O) groups is 1. The van der Waals surface area contributed by atoms with Gasteiger partial charge in [-0.05, 0) is 75.8 Å². The predicted molar refractivity (Wildman–Crippen MR) is 96.8 cm³/mol. The molecule has 0 aromatic carbocycles. The number of amides is 1. The van der Waals surface area contributed by atoms with Crippen LogP contribution in [-0.4, -0.2) is 59.1 Å². The summed E-state index contributed by atoms with van der Waals surface area (Å²) in [6, 6.07) is 0. The van der Waals surface area contributed by atoms with Crippen LogP contribution in [0.5, 0.6) is 0 Å². The van der Waals surface area contributed by atoms with Crippen molar-refractivity contribution in [3.63, 3.8) is 0 Å².